The van der Waals surface area contributed by atoms with E-state index in [-0.39, 0.29) is 0 Å². The Hall–Kier alpha value is -0.480. The molecule has 1 fully saturated rings. The second kappa shape index (κ2) is 7.51. The molecule has 1 aromatic rings. The second-order valence-electron chi connectivity index (χ2n) is 5.36. The van der Waals surface area contributed by atoms with Crippen molar-refractivity contribution in [1.29, 1.82) is 0 Å². The Morgan fingerprint density at radius 3 is 2.70 bits per heavy atom. The van der Waals surface area contributed by atoms with E-state index in [2.05, 4.69) is 5.32 Å². The van der Waals surface area contributed by atoms with Gasteiger partial charge in [-0.25, -0.2) is 0 Å². The van der Waals surface area contributed by atoms with Crippen LogP contribution in [0.25, 0.3) is 0 Å². The average Bonchev–Trinajstić information content (AvgIpc) is 2.92. The molecule has 1 unspecified atom stereocenters. The van der Waals surface area contributed by atoms with Gasteiger partial charge in [-0.2, -0.15) is 0 Å². The number of rotatable bonds is 6. The summed E-state index contributed by atoms with van der Waals surface area (Å²) in [5.41, 5.74) is 1.68. The molecular formula is C15H21Cl2NO2. The molecule has 0 radical (unpaired) electrons. The number of nitrogens with one attached hydrogen (secondary N) is 1. The maximum atomic E-state index is 9.92. The molecule has 3 nitrogen and oxygen atoms in total. The van der Waals surface area contributed by atoms with Gasteiger partial charge in [0, 0.05) is 11.6 Å². The van der Waals surface area contributed by atoms with Crippen LogP contribution in [0, 0.1) is 6.92 Å². The summed E-state index contributed by atoms with van der Waals surface area (Å²) in [5, 5.41) is 14.3. The van der Waals surface area contributed by atoms with Crippen LogP contribution < -0.4 is 5.32 Å². The number of anilines is 1. The summed E-state index contributed by atoms with van der Waals surface area (Å²) in [5.74, 6) is 0. The molecule has 1 aliphatic carbocycles. The lowest BCUT2D eigenvalue weighted by atomic mass is 10.2. The Morgan fingerprint density at radius 2 is 2.00 bits per heavy atom. The molecule has 1 saturated carbocycles. The van der Waals surface area contributed by atoms with Crippen LogP contribution in [0.15, 0.2) is 12.1 Å². The lowest BCUT2D eigenvalue weighted by Gasteiger charge is -2.17. The van der Waals surface area contributed by atoms with Crippen LogP contribution in [0.1, 0.15) is 31.2 Å². The van der Waals surface area contributed by atoms with Crippen molar-refractivity contribution in [1.82, 2.24) is 0 Å². The summed E-state index contributed by atoms with van der Waals surface area (Å²) >= 11 is 12.2. The van der Waals surface area contributed by atoms with E-state index >= 15 is 0 Å². The summed E-state index contributed by atoms with van der Waals surface area (Å²) in [4.78, 5) is 0. The molecular weight excluding hydrogens is 297 g/mol. The molecule has 0 amide bonds. The molecule has 5 heteroatoms. The van der Waals surface area contributed by atoms with Crippen molar-refractivity contribution in [2.24, 2.45) is 0 Å². The van der Waals surface area contributed by atoms with Crippen LogP contribution >= 0.6 is 23.2 Å². The first-order valence-corrected chi connectivity index (χ1v) is 7.81. The van der Waals surface area contributed by atoms with Crippen LogP contribution in [0.3, 0.4) is 0 Å². The molecule has 1 aromatic carbocycles. The minimum Gasteiger partial charge on any atom is -0.389 e. The van der Waals surface area contributed by atoms with Crippen LogP contribution in [0.4, 0.5) is 5.69 Å². The van der Waals surface area contributed by atoms with Crippen molar-refractivity contribution in [3.63, 3.8) is 0 Å². The zero-order chi connectivity index (χ0) is 14.5. The standard InChI is InChI=1S/C15H21Cl2NO2/c1-10-6-14(17)15(7-13(10)16)18-8-11(19)9-20-12-4-2-3-5-12/h6-7,11-12,18-19H,2-5,8-9H2,1H3. The van der Waals surface area contributed by atoms with Crippen LogP contribution in [-0.2, 0) is 4.74 Å². The Kier molecular flexibility index (Phi) is 5.97. The molecule has 0 bridgehead atoms. The molecule has 0 spiro atoms. The highest BCUT2D eigenvalue weighted by Crippen LogP contribution is 2.28. The van der Waals surface area contributed by atoms with Crippen LogP contribution in [0.2, 0.25) is 10.0 Å². The Morgan fingerprint density at radius 1 is 1.30 bits per heavy atom. The van der Waals surface area contributed by atoms with Crippen LogP contribution in [0.5, 0.6) is 0 Å². The minimum atomic E-state index is -0.549. The van der Waals surface area contributed by atoms with Crippen molar-refractivity contribution in [3.8, 4) is 0 Å². The Labute approximate surface area is 130 Å². The normalized spacial score (nSPS) is 17.4. The second-order valence-corrected chi connectivity index (χ2v) is 6.17. The zero-order valence-corrected chi connectivity index (χ0v) is 13.2. The minimum absolute atomic E-state index is 0.321. The maximum absolute atomic E-state index is 9.92. The van der Waals surface area contributed by atoms with Gasteiger partial charge in [0.05, 0.1) is 29.5 Å². The molecule has 2 N–H and O–H groups in total. The number of aliphatic hydroxyl groups excluding tert-OH is 1. The summed E-state index contributed by atoms with van der Waals surface area (Å²) in [6.07, 6.45) is 4.46. The van der Waals surface area contributed by atoms with Gasteiger partial charge in [0.15, 0.2) is 0 Å². The molecule has 0 heterocycles. The van der Waals surface area contributed by atoms with E-state index in [9.17, 15) is 5.11 Å². The fraction of sp³-hybridized carbons (Fsp3) is 0.600. The Balaban J connectivity index is 1.77. The summed E-state index contributed by atoms with van der Waals surface area (Å²) < 4.78 is 5.68. The van der Waals surface area contributed by atoms with E-state index in [1.807, 2.05) is 13.0 Å². The molecule has 20 heavy (non-hydrogen) atoms. The fourth-order valence-corrected chi connectivity index (χ4v) is 2.82. The lowest BCUT2D eigenvalue weighted by molar-refractivity contribution is -0.00117. The molecule has 0 aromatic heterocycles. The maximum Gasteiger partial charge on any atom is 0.0945 e. The van der Waals surface area contributed by atoms with E-state index in [4.69, 9.17) is 27.9 Å². The average molecular weight is 318 g/mol. The van der Waals surface area contributed by atoms with Gasteiger partial charge in [-0.15, -0.1) is 0 Å². The van der Waals surface area contributed by atoms with E-state index in [0.29, 0.717) is 29.3 Å². The van der Waals surface area contributed by atoms with Gasteiger partial charge >= 0.3 is 0 Å². The van der Waals surface area contributed by atoms with E-state index in [0.717, 1.165) is 24.1 Å². The number of aryl methyl sites for hydroxylation is 1. The van der Waals surface area contributed by atoms with Gasteiger partial charge in [0.2, 0.25) is 0 Å². The largest absolute Gasteiger partial charge is 0.389 e. The smallest absolute Gasteiger partial charge is 0.0945 e. The van der Waals surface area contributed by atoms with Gasteiger partial charge in [-0.3, -0.25) is 0 Å². The SMILES string of the molecule is Cc1cc(Cl)c(NCC(O)COC2CCCC2)cc1Cl. The van der Waals surface area contributed by atoms with E-state index in [1.54, 1.807) is 6.07 Å². The molecule has 2 rings (SSSR count). The van der Waals surface area contributed by atoms with Crippen LogP contribution in [-0.4, -0.2) is 30.5 Å². The monoisotopic (exact) mass is 317 g/mol. The summed E-state index contributed by atoms with van der Waals surface area (Å²) in [7, 11) is 0. The number of hydrogen-bond acceptors (Lipinski definition) is 3. The fourth-order valence-electron chi connectivity index (χ4n) is 2.37. The third-order valence-corrected chi connectivity index (χ3v) is 4.32. The highest BCUT2D eigenvalue weighted by atomic mass is 35.5. The molecule has 0 saturated heterocycles. The summed E-state index contributed by atoms with van der Waals surface area (Å²) in [6.45, 7) is 2.66. The molecule has 112 valence electrons. The first kappa shape index (κ1) is 15.9. The third-order valence-electron chi connectivity index (χ3n) is 3.60. The zero-order valence-electron chi connectivity index (χ0n) is 11.7. The van der Waals surface area contributed by atoms with Crippen molar-refractivity contribution >= 4 is 28.9 Å². The molecule has 0 aliphatic heterocycles. The highest BCUT2D eigenvalue weighted by molar-refractivity contribution is 6.35. The Bertz CT molecular complexity index is 448. The quantitative estimate of drug-likeness (QED) is 0.832. The molecule has 1 aliphatic rings. The third kappa shape index (κ3) is 4.52. The predicted molar refractivity (Wildman–Crippen MR) is 83.9 cm³/mol. The lowest BCUT2D eigenvalue weighted by Crippen LogP contribution is -2.27. The van der Waals surface area contributed by atoms with Crippen molar-refractivity contribution in [2.45, 2.75) is 44.8 Å². The van der Waals surface area contributed by atoms with Crippen molar-refractivity contribution < 1.29 is 9.84 Å². The van der Waals surface area contributed by atoms with E-state index in [1.165, 1.54) is 12.8 Å². The molecule has 1 atom stereocenters. The highest BCUT2D eigenvalue weighted by Gasteiger charge is 2.17. The predicted octanol–water partition coefficient (Wildman–Crippen LogP) is 4.03. The van der Waals surface area contributed by atoms with Gasteiger partial charge in [-0.1, -0.05) is 36.0 Å². The van der Waals surface area contributed by atoms with Gasteiger partial charge in [0.25, 0.3) is 0 Å². The summed E-state index contributed by atoms with van der Waals surface area (Å²) in [6, 6.07) is 3.59. The first-order chi connectivity index (χ1) is 9.56. The van der Waals surface area contributed by atoms with Crippen molar-refractivity contribution in [2.75, 3.05) is 18.5 Å². The number of ether oxygens (including phenoxy) is 1. The number of aliphatic hydroxyl groups is 1. The number of benzene rings is 1. The number of hydrogen-bond donors (Lipinski definition) is 2. The first-order valence-electron chi connectivity index (χ1n) is 7.05. The van der Waals surface area contributed by atoms with E-state index < -0.39 is 6.10 Å². The van der Waals surface area contributed by atoms with Gasteiger partial charge < -0.3 is 15.2 Å². The topological polar surface area (TPSA) is 41.5 Å². The van der Waals surface area contributed by atoms with Gasteiger partial charge in [-0.05, 0) is 37.5 Å². The van der Waals surface area contributed by atoms with Gasteiger partial charge in [0.1, 0.15) is 0 Å². The number of halogens is 2. The van der Waals surface area contributed by atoms with Crippen molar-refractivity contribution in [3.05, 3.63) is 27.7 Å².